The number of aryl methyl sites for hydroxylation is 1. The first-order valence-electron chi connectivity index (χ1n) is 5.89. The van der Waals surface area contributed by atoms with Gasteiger partial charge >= 0.3 is 116 Å². The third-order valence-corrected chi connectivity index (χ3v) is 4.96. The van der Waals surface area contributed by atoms with Crippen LogP contribution in [-0.4, -0.2) is 24.7 Å². The van der Waals surface area contributed by atoms with Crippen LogP contribution in [0.15, 0.2) is 48.5 Å². The number of hydrogen-bond acceptors (Lipinski definition) is 2. The molecule has 0 atom stereocenters. The van der Waals surface area contributed by atoms with Crippen LogP contribution < -0.4 is 0 Å². The second-order valence-corrected chi connectivity index (χ2v) is 6.34. The molecule has 2 nitrogen and oxygen atoms in total. The van der Waals surface area contributed by atoms with Crippen molar-refractivity contribution in [2.75, 3.05) is 0 Å². The molecule has 0 unspecified atom stereocenters. The van der Waals surface area contributed by atoms with Crippen LogP contribution in [0.2, 0.25) is 0 Å². The van der Waals surface area contributed by atoms with E-state index >= 15 is 0 Å². The van der Waals surface area contributed by atoms with Crippen molar-refractivity contribution in [3.63, 3.8) is 0 Å². The van der Waals surface area contributed by atoms with Crippen molar-refractivity contribution in [1.82, 2.24) is 10.2 Å². The van der Waals surface area contributed by atoms with Crippen molar-refractivity contribution in [1.29, 1.82) is 0 Å². The standard InChI is InChI=1S/C15H11FN2Se/c1-10-2-4-11(5-3-10)14-17-18-15(19-14)12-6-8-13(16)9-7-12/h2-9H,1H3. The minimum atomic E-state index is -0.227. The molecule has 0 saturated heterocycles. The van der Waals surface area contributed by atoms with E-state index in [1.165, 1.54) is 17.7 Å². The van der Waals surface area contributed by atoms with E-state index in [9.17, 15) is 4.39 Å². The number of aromatic nitrogens is 2. The zero-order valence-corrected chi connectivity index (χ0v) is 12.0. The van der Waals surface area contributed by atoms with E-state index in [-0.39, 0.29) is 20.3 Å². The maximum absolute atomic E-state index is 12.9. The predicted molar refractivity (Wildman–Crippen MR) is 74.5 cm³/mol. The summed E-state index contributed by atoms with van der Waals surface area (Å²) in [6, 6.07) is 14.7. The Balaban J connectivity index is 1.95. The molecule has 4 heteroatoms. The molecule has 19 heavy (non-hydrogen) atoms. The Morgan fingerprint density at radius 1 is 0.789 bits per heavy atom. The van der Waals surface area contributed by atoms with Gasteiger partial charge in [-0.1, -0.05) is 0 Å². The number of nitrogens with zero attached hydrogens (tertiary/aromatic N) is 2. The summed E-state index contributed by atoms with van der Waals surface area (Å²) in [5.41, 5.74) is 3.30. The fourth-order valence-electron chi connectivity index (χ4n) is 1.75. The Labute approximate surface area is 116 Å². The number of rotatable bonds is 2. The quantitative estimate of drug-likeness (QED) is 0.678. The van der Waals surface area contributed by atoms with Crippen LogP contribution in [0.3, 0.4) is 0 Å². The number of benzene rings is 2. The summed E-state index contributed by atoms with van der Waals surface area (Å²) in [6.45, 7) is 2.06. The van der Waals surface area contributed by atoms with E-state index < -0.39 is 0 Å². The average molecular weight is 317 g/mol. The second-order valence-electron chi connectivity index (χ2n) is 4.29. The van der Waals surface area contributed by atoms with Gasteiger partial charge in [0.2, 0.25) is 0 Å². The van der Waals surface area contributed by atoms with Gasteiger partial charge in [0, 0.05) is 0 Å². The third kappa shape index (κ3) is 2.65. The second kappa shape index (κ2) is 5.08. The van der Waals surface area contributed by atoms with Crippen molar-refractivity contribution < 1.29 is 4.39 Å². The van der Waals surface area contributed by atoms with Crippen LogP contribution in [0.4, 0.5) is 4.39 Å². The van der Waals surface area contributed by atoms with Gasteiger partial charge in [0.05, 0.1) is 0 Å². The molecule has 0 fully saturated rings. The van der Waals surface area contributed by atoms with Gasteiger partial charge in [0.1, 0.15) is 0 Å². The minimum absolute atomic E-state index is 0.0765. The molecule has 94 valence electrons. The van der Waals surface area contributed by atoms with Crippen LogP contribution >= 0.6 is 0 Å². The summed E-state index contributed by atoms with van der Waals surface area (Å²) >= 11 is 0.0765. The van der Waals surface area contributed by atoms with E-state index in [4.69, 9.17) is 0 Å². The monoisotopic (exact) mass is 318 g/mol. The number of halogens is 1. The first kappa shape index (κ1) is 12.3. The summed E-state index contributed by atoms with van der Waals surface area (Å²) in [7, 11) is 0. The Hall–Kier alpha value is -1.77. The van der Waals surface area contributed by atoms with Gasteiger partial charge in [-0.2, -0.15) is 0 Å². The van der Waals surface area contributed by atoms with Crippen molar-refractivity contribution >= 4 is 14.5 Å². The molecule has 0 aliphatic carbocycles. The van der Waals surface area contributed by atoms with E-state index in [0.717, 1.165) is 20.3 Å². The maximum atomic E-state index is 12.9. The van der Waals surface area contributed by atoms with Gasteiger partial charge in [-0.15, -0.1) is 0 Å². The first-order valence-corrected chi connectivity index (χ1v) is 7.60. The van der Waals surface area contributed by atoms with Crippen LogP contribution in [0, 0.1) is 12.7 Å². The summed E-state index contributed by atoms with van der Waals surface area (Å²) in [6.07, 6.45) is 0. The summed E-state index contributed by atoms with van der Waals surface area (Å²) in [5.74, 6) is -0.227. The van der Waals surface area contributed by atoms with E-state index in [1.54, 1.807) is 12.1 Å². The molecule has 0 aliphatic rings. The summed E-state index contributed by atoms with van der Waals surface area (Å²) < 4.78 is 14.9. The van der Waals surface area contributed by atoms with Crippen LogP contribution in [0.1, 0.15) is 5.56 Å². The zero-order chi connectivity index (χ0) is 13.2. The van der Waals surface area contributed by atoms with Crippen LogP contribution in [0.5, 0.6) is 0 Å². The summed E-state index contributed by atoms with van der Waals surface area (Å²) in [5, 5.41) is 8.48. The molecule has 1 heterocycles. The van der Waals surface area contributed by atoms with Crippen molar-refractivity contribution in [2.45, 2.75) is 6.92 Å². The Bertz CT molecular complexity index is 627. The SMILES string of the molecule is Cc1ccc(-c2nnc(-c3ccc(F)cc3)[se]2)cc1. The summed E-state index contributed by atoms with van der Waals surface area (Å²) in [4.78, 5) is 0. The Morgan fingerprint density at radius 2 is 1.26 bits per heavy atom. The van der Waals surface area contributed by atoms with E-state index in [0.29, 0.717) is 0 Å². The van der Waals surface area contributed by atoms with E-state index in [1.807, 2.05) is 0 Å². The van der Waals surface area contributed by atoms with Gasteiger partial charge in [-0.05, 0) is 0 Å². The fraction of sp³-hybridized carbons (Fsp3) is 0.0667. The fourth-order valence-corrected chi connectivity index (χ4v) is 3.54. The third-order valence-electron chi connectivity index (χ3n) is 2.81. The topological polar surface area (TPSA) is 25.8 Å². The van der Waals surface area contributed by atoms with Gasteiger partial charge in [0.15, 0.2) is 0 Å². The van der Waals surface area contributed by atoms with Gasteiger partial charge in [-0.25, -0.2) is 0 Å². The van der Waals surface area contributed by atoms with Gasteiger partial charge in [0.25, 0.3) is 0 Å². The molecule has 0 amide bonds. The van der Waals surface area contributed by atoms with Crippen molar-refractivity contribution in [2.24, 2.45) is 0 Å². The number of hydrogen-bond donors (Lipinski definition) is 0. The van der Waals surface area contributed by atoms with Gasteiger partial charge in [-0.3, -0.25) is 0 Å². The zero-order valence-electron chi connectivity index (χ0n) is 10.3. The van der Waals surface area contributed by atoms with Crippen LogP contribution in [-0.2, 0) is 0 Å². The molecule has 0 radical (unpaired) electrons. The first-order chi connectivity index (χ1) is 9.22. The molecule has 2 aromatic carbocycles. The molecule has 0 aliphatic heterocycles. The molecule has 0 bridgehead atoms. The molecular formula is C15H11FN2Se. The van der Waals surface area contributed by atoms with E-state index in [2.05, 4.69) is 41.4 Å². The molecule has 0 saturated carbocycles. The molecule has 3 aromatic rings. The molecule has 1 aromatic heterocycles. The molecular weight excluding hydrogens is 306 g/mol. The van der Waals surface area contributed by atoms with Crippen LogP contribution in [0.25, 0.3) is 20.3 Å². The average Bonchev–Trinajstić information content (AvgIpc) is 2.90. The predicted octanol–water partition coefficient (Wildman–Crippen LogP) is 3.32. The molecule has 3 rings (SSSR count). The van der Waals surface area contributed by atoms with Gasteiger partial charge < -0.3 is 0 Å². The molecule has 0 N–H and O–H groups in total. The van der Waals surface area contributed by atoms with Crippen molar-refractivity contribution in [3.05, 3.63) is 59.9 Å². The normalized spacial score (nSPS) is 10.6. The Kier molecular flexibility index (Phi) is 3.28. The van der Waals surface area contributed by atoms with Crippen molar-refractivity contribution in [3.8, 4) is 20.3 Å². The Morgan fingerprint density at radius 3 is 1.79 bits per heavy atom. The molecule has 0 spiro atoms.